The monoisotopic (exact) mass is 489 g/mol. The van der Waals surface area contributed by atoms with Gasteiger partial charge in [0.25, 0.3) is 0 Å². The Kier molecular flexibility index (Phi) is 6.72. The number of ether oxygens (including phenoxy) is 1. The van der Waals surface area contributed by atoms with Crippen molar-refractivity contribution >= 4 is 56.3 Å². The maximum atomic E-state index is 14.2. The fraction of sp³-hybridized carbons (Fsp3) is 0.250. The molecule has 0 N–H and O–H groups in total. The van der Waals surface area contributed by atoms with E-state index in [1.54, 1.807) is 17.4 Å². The third kappa shape index (κ3) is 4.61. The zero-order chi connectivity index (χ0) is 22.2. The molecule has 160 valence electrons. The molecule has 5 nitrogen and oxygen atoms in total. The van der Waals surface area contributed by atoms with Crippen molar-refractivity contribution in [3.8, 4) is 0 Å². The molecule has 0 aliphatic heterocycles. The van der Waals surface area contributed by atoms with Gasteiger partial charge in [0.05, 0.1) is 38.5 Å². The van der Waals surface area contributed by atoms with E-state index in [-0.39, 0.29) is 28.0 Å². The summed E-state index contributed by atoms with van der Waals surface area (Å²) in [6.45, 7) is 3.79. The van der Waals surface area contributed by atoms with E-state index >= 15 is 0 Å². The number of carbonyl (C=O) groups excluding carboxylic acids is 1. The quantitative estimate of drug-likeness (QED) is 0.436. The summed E-state index contributed by atoms with van der Waals surface area (Å²) in [4.78, 5) is 12.8. The number of aromatic nitrogens is 1. The van der Waals surface area contributed by atoms with Crippen molar-refractivity contribution in [3.63, 3.8) is 0 Å². The molecule has 0 aliphatic carbocycles. The van der Waals surface area contributed by atoms with E-state index in [1.807, 2.05) is 6.92 Å². The first-order valence-corrected chi connectivity index (χ1v) is 12.3. The Bertz CT molecular complexity index is 1260. The van der Waals surface area contributed by atoms with Gasteiger partial charge in [0.15, 0.2) is 15.7 Å². The minimum atomic E-state index is -3.40. The van der Waals surface area contributed by atoms with E-state index in [4.69, 9.17) is 27.9 Å². The number of fused-ring (bicyclic) bond motifs is 1. The zero-order valence-electron chi connectivity index (χ0n) is 16.3. The van der Waals surface area contributed by atoms with Crippen LogP contribution in [-0.4, -0.2) is 31.7 Å². The summed E-state index contributed by atoms with van der Waals surface area (Å²) < 4.78 is 44.4. The second kappa shape index (κ2) is 8.78. The standard InChI is InChI=1S/C20H18Cl2FNO4S2/c1-4-28-19(25)8-13-11(2)20(24-10-16(23)14(21)9-17(13)24)29-18-6-5-12(7-15(18)22)30(3,26)27/h5-7,9-10H,4,8H2,1-3H3. The summed E-state index contributed by atoms with van der Waals surface area (Å²) in [7, 11) is -3.40. The largest absolute Gasteiger partial charge is 0.466 e. The van der Waals surface area contributed by atoms with Crippen molar-refractivity contribution in [1.29, 1.82) is 0 Å². The Morgan fingerprint density at radius 1 is 1.23 bits per heavy atom. The molecule has 0 spiro atoms. The van der Waals surface area contributed by atoms with Gasteiger partial charge in [0.1, 0.15) is 0 Å². The molecule has 0 amide bonds. The number of hydrogen-bond donors (Lipinski definition) is 0. The van der Waals surface area contributed by atoms with Crippen molar-refractivity contribution in [2.24, 2.45) is 0 Å². The van der Waals surface area contributed by atoms with Gasteiger partial charge in [-0.1, -0.05) is 35.0 Å². The Morgan fingerprint density at radius 3 is 2.53 bits per heavy atom. The molecule has 0 bridgehead atoms. The van der Waals surface area contributed by atoms with E-state index in [9.17, 15) is 17.6 Å². The normalized spacial score (nSPS) is 11.8. The molecule has 0 radical (unpaired) electrons. The lowest BCUT2D eigenvalue weighted by molar-refractivity contribution is -0.142. The summed E-state index contributed by atoms with van der Waals surface area (Å²) in [5.74, 6) is -1.01. The first-order valence-electron chi connectivity index (χ1n) is 8.84. The van der Waals surface area contributed by atoms with Crippen LogP contribution in [0.25, 0.3) is 5.52 Å². The van der Waals surface area contributed by atoms with E-state index in [0.29, 0.717) is 21.0 Å². The molecule has 0 saturated carbocycles. The molecule has 0 atom stereocenters. The smallest absolute Gasteiger partial charge is 0.310 e. The Morgan fingerprint density at radius 2 is 1.93 bits per heavy atom. The van der Waals surface area contributed by atoms with Gasteiger partial charge in [-0.2, -0.15) is 0 Å². The van der Waals surface area contributed by atoms with Crippen molar-refractivity contribution in [2.45, 2.75) is 35.1 Å². The Hall–Kier alpha value is -1.74. The van der Waals surface area contributed by atoms with Crippen molar-refractivity contribution < 1.29 is 22.3 Å². The lowest BCUT2D eigenvalue weighted by atomic mass is 10.1. The van der Waals surface area contributed by atoms with E-state index in [1.165, 1.54) is 36.2 Å². The van der Waals surface area contributed by atoms with E-state index in [2.05, 4.69) is 0 Å². The first kappa shape index (κ1) is 22.9. The lowest BCUT2D eigenvalue weighted by Crippen LogP contribution is -2.08. The summed E-state index contributed by atoms with van der Waals surface area (Å²) in [6.07, 6.45) is 2.36. The van der Waals surface area contributed by atoms with Crippen LogP contribution in [0.1, 0.15) is 18.1 Å². The summed E-state index contributed by atoms with van der Waals surface area (Å²) >= 11 is 13.5. The molecule has 0 fully saturated rings. The first-order chi connectivity index (χ1) is 14.0. The van der Waals surface area contributed by atoms with Crippen molar-refractivity contribution in [2.75, 3.05) is 12.9 Å². The fourth-order valence-electron chi connectivity index (χ4n) is 3.01. The fourth-order valence-corrected chi connectivity index (χ4v) is 5.20. The number of rotatable bonds is 6. The highest BCUT2D eigenvalue weighted by Gasteiger charge is 2.21. The maximum Gasteiger partial charge on any atom is 0.310 e. The minimum absolute atomic E-state index is 0.00639. The number of hydrogen-bond acceptors (Lipinski definition) is 5. The van der Waals surface area contributed by atoms with Crippen LogP contribution in [0.4, 0.5) is 4.39 Å². The third-order valence-corrected chi connectivity index (χ3v) is 7.56. The highest BCUT2D eigenvalue weighted by atomic mass is 35.5. The highest BCUT2D eigenvalue weighted by Crippen LogP contribution is 2.40. The van der Waals surface area contributed by atoms with Gasteiger partial charge in [-0.3, -0.25) is 4.79 Å². The molecular weight excluding hydrogens is 472 g/mol. The number of esters is 1. The molecule has 30 heavy (non-hydrogen) atoms. The molecule has 0 unspecified atom stereocenters. The highest BCUT2D eigenvalue weighted by molar-refractivity contribution is 7.99. The Labute approximate surface area is 188 Å². The van der Waals surface area contributed by atoms with Crippen LogP contribution in [0.2, 0.25) is 10.0 Å². The SMILES string of the molecule is CCOC(=O)Cc1c(C)c(Sc2ccc(S(C)(=O)=O)cc2Cl)n2cc(F)c(Cl)cc12. The van der Waals surface area contributed by atoms with Crippen LogP contribution in [0.5, 0.6) is 0 Å². The van der Waals surface area contributed by atoms with Crippen LogP contribution in [0.3, 0.4) is 0 Å². The zero-order valence-corrected chi connectivity index (χ0v) is 19.5. The van der Waals surface area contributed by atoms with Gasteiger partial charge in [0, 0.05) is 17.3 Å². The molecule has 0 aliphatic rings. The number of sulfone groups is 1. The average Bonchev–Trinajstić information content (AvgIpc) is 2.88. The topological polar surface area (TPSA) is 64.9 Å². The van der Waals surface area contributed by atoms with Crippen LogP contribution in [0, 0.1) is 12.7 Å². The second-order valence-corrected chi connectivity index (χ2v) is 10.4. The number of nitrogens with zero attached hydrogens (tertiary/aromatic N) is 1. The van der Waals surface area contributed by atoms with Crippen LogP contribution < -0.4 is 0 Å². The van der Waals surface area contributed by atoms with Gasteiger partial charge in [0.2, 0.25) is 0 Å². The summed E-state index contributed by atoms with van der Waals surface area (Å²) in [5.41, 5.74) is 2.00. The minimum Gasteiger partial charge on any atom is -0.466 e. The lowest BCUT2D eigenvalue weighted by Gasteiger charge is -2.08. The molecule has 2 heterocycles. The Balaban J connectivity index is 2.13. The molecule has 10 heteroatoms. The van der Waals surface area contributed by atoms with Crippen LogP contribution in [0.15, 0.2) is 45.3 Å². The van der Waals surface area contributed by atoms with Crippen LogP contribution in [-0.2, 0) is 25.8 Å². The van der Waals surface area contributed by atoms with Gasteiger partial charge in [-0.15, -0.1) is 0 Å². The number of halogens is 3. The van der Waals surface area contributed by atoms with Crippen molar-refractivity contribution in [1.82, 2.24) is 4.40 Å². The number of carbonyl (C=O) groups is 1. The maximum absolute atomic E-state index is 14.2. The molecule has 3 aromatic rings. The molecule has 3 rings (SSSR count). The predicted molar refractivity (Wildman–Crippen MR) is 116 cm³/mol. The molecule has 2 aromatic heterocycles. The molecule has 0 saturated heterocycles. The number of benzene rings is 1. The third-order valence-electron chi connectivity index (χ3n) is 4.46. The molecule has 1 aromatic carbocycles. The average molecular weight is 490 g/mol. The number of pyridine rings is 1. The van der Waals surface area contributed by atoms with E-state index in [0.717, 1.165) is 11.8 Å². The van der Waals surface area contributed by atoms with Crippen molar-refractivity contribution in [3.05, 3.63) is 57.5 Å². The predicted octanol–water partition coefficient (Wildman–Crippen LogP) is 5.35. The second-order valence-electron chi connectivity index (χ2n) is 6.58. The van der Waals surface area contributed by atoms with Crippen LogP contribution >= 0.6 is 35.0 Å². The van der Waals surface area contributed by atoms with E-state index < -0.39 is 21.6 Å². The van der Waals surface area contributed by atoms with Gasteiger partial charge < -0.3 is 9.14 Å². The van der Waals surface area contributed by atoms with Gasteiger partial charge in [-0.05, 0) is 49.2 Å². The summed E-state index contributed by atoms with van der Waals surface area (Å²) in [5, 5.41) is 0.824. The molecular formula is C20H18Cl2FNO4S2. The summed E-state index contributed by atoms with van der Waals surface area (Å²) in [6, 6.07) is 5.91. The van der Waals surface area contributed by atoms with Gasteiger partial charge in [-0.25, -0.2) is 12.8 Å². The van der Waals surface area contributed by atoms with Gasteiger partial charge >= 0.3 is 5.97 Å².